The van der Waals surface area contributed by atoms with Crippen LogP contribution in [0.3, 0.4) is 0 Å². The van der Waals surface area contributed by atoms with Crippen LogP contribution in [-0.4, -0.2) is 38.3 Å². The summed E-state index contributed by atoms with van der Waals surface area (Å²) in [6.45, 7) is -0.342. The number of imide groups is 1. The normalized spacial score (nSPS) is 17.5. The third-order valence-corrected chi connectivity index (χ3v) is 6.71. The van der Waals surface area contributed by atoms with E-state index in [-0.39, 0.29) is 6.54 Å². The zero-order chi connectivity index (χ0) is 21.4. The molecule has 3 heterocycles. The first-order valence-electron chi connectivity index (χ1n) is 9.82. The van der Waals surface area contributed by atoms with Crippen LogP contribution in [0.4, 0.5) is 10.6 Å². The minimum Gasteiger partial charge on any atom is -0.309 e. The fourth-order valence-electron chi connectivity index (χ4n) is 3.30. The van der Waals surface area contributed by atoms with Gasteiger partial charge in [-0.05, 0) is 54.3 Å². The van der Waals surface area contributed by atoms with Crippen LogP contribution in [0.1, 0.15) is 29.3 Å². The van der Waals surface area contributed by atoms with Crippen LogP contribution >= 0.6 is 23.1 Å². The van der Waals surface area contributed by atoms with E-state index in [9.17, 15) is 14.4 Å². The third-order valence-electron chi connectivity index (χ3n) is 4.98. The SMILES string of the molecule is O=C(CN1C(=O)S/C(=C\c2cccs2)C1=O)Nc1cc(C2CC2)nn1-c1ccccc1. The third kappa shape index (κ3) is 4.19. The molecule has 1 aliphatic carbocycles. The second kappa shape index (κ2) is 8.16. The van der Waals surface area contributed by atoms with Gasteiger partial charge in [0.1, 0.15) is 12.4 Å². The Morgan fingerprint density at radius 1 is 1.16 bits per heavy atom. The van der Waals surface area contributed by atoms with Gasteiger partial charge in [0.05, 0.1) is 16.3 Å². The molecule has 0 radical (unpaired) electrons. The van der Waals surface area contributed by atoms with Crippen molar-refractivity contribution in [1.29, 1.82) is 0 Å². The van der Waals surface area contributed by atoms with Crippen LogP contribution in [0.2, 0.25) is 0 Å². The predicted molar refractivity (Wildman–Crippen MR) is 121 cm³/mol. The second-order valence-corrected chi connectivity index (χ2v) is 9.28. The van der Waals surface area contributed by atoms with Crippen molar-refractivity contribution in [3.8, 4) is 5.69 Å². The lowest BCUT2D eigenvalue weighted by molar-refractivity contribution is -0.127. The predicted octanol–water partition coefficient (Wildman–Crippen LogP) is 4.49. The van der Waals surface area contributed by atoms with E-state index >= 15 is 0 Å². The van der Waals surface area contributed by atoms with Crippen LogP contribution in [0, 0.1) is 0 Å². The number of thiophene rings is 1. The standard InChI is InChI=1S/C22H18N4O3S2/c27-20(13-25-21(28)18(31-22(25)29)11-16-7-4-10-30-16)23-19-12-17(14-8-9-14)24-26(19)15-5-2-1-3-6-15/h1-7,10-12,14H,8-9,13H2,(H,23,27)/b18-11-. The van der Waals surface area contributed by atoms with E-state index < -0.39 is 17.1 Å². The summed E-state index contributed by atoms with van der Waals surface area (Å²) in [7, 11) is 0. The molecule has 156 valence electrons. The first-order chi connectivity index (χ1) is 15.1. The molecule has 1 N–H and O–H groups in total. The number of amides is 3. The summed E-state index contributed by atoms with van der Waals surface area (Å²) in [5.74, 6) is 0.0517. The van der Waals surface area contributed by atoms with Crippen molar-refractivity contribution in [2.75, 3.05) is 11.9 Å². The first kappa shape index (κ1) is 19.8. The zero-order valence-electron chi connectivity index (χ0n) is 16.4. The van der Waals surface area contributed by atoms with Crippen LogP contribution in [0.5, 0.6) is 0 Å². The van der Waals surface area contributed by atoms with Gasteiger partial charge in [-0.25, -0.2) is 4.68 Å². The van der Waals surface area contributed by atoms with Gasteiger partial charge in [-0.3, -0.25) is 19.3 Å². The number of carbonyl (C=O) groups is 3. The number of aromatic nitrogens is 2. The maximum absolute atomic E-state index is 12.7. The molecular formula is C22H18N4O3S2. The topological polar surface area (TPSA) is 84.3 Å². The van der Waals surface area contributed by atoms with E-state index in [1.807, 2.05) is 53.9 Å². The molecule has 2 aliphatic rings. The number of para-hydroxylation sites is 1. The molecule has 1 saturated carbocycles. The Morgan fingerprint density at radius 3 is 2.68 bits per heavy atom. The highest BCUT2D eigenvalue weighted by Gasteiger charge is 2.36. The Bertz CT molecular complexity index is 1180. The van der Waals surface area contributed by atoms with Gasteiger partial charge >= 0.3 is 0 Å². The molecule has 9 heteroatoms. The molecule has 3 amide bonds. The number of rotatable bonds is 6. The summed E-state index contributed by atoms with van der Waals surface area (Å²) in [6.07, 6.45) is 3.86. The van der Waals surface area contributed by atoms with Crippen molar-refractivity contribution < 1.29 is 14.4 Å². The highest BCUT2D eigenvalue weighted by Crippen LogP contribution is 2.40. The van der Waals surface area contributed by atoms with Gasteiger partial charge in [-0.1, -0.05) is 24.3 Å². The minimum absolute atomic E-state index is 0.325. The second-order valence-electron chi connectivity index (χ2n) is 7.31. The van der Waals surface area contributed by atoms with Crippen LogP contribution < -0.4 is 5.32 Å². The van der Waals surface area contributed by atoms with Gasteiger partial charge in [0, 0.05) is 16.9 Å². The average Bonchev–Trinajstić information content (AvgIpc) is 3.23. The fraction of sp³-hybridized carbons (Fsp3) is 0.182. The number of hydrogen-bond donors (Lipinski definition) is 1. The van der Waals surface area contributed by atoms with Crippen molar-refractivity contribution in [2.24, 2.45) is 0 Å². The van der Waals surface area contributed by atoms with Gasteiger partial charge in [0.15, 0.2) is 0 Å². The van der Waals surface area contributed by atoms with Crippen molar-refractivity contribution in [3.63, 3.8) is 0 Å². The van der Waals surface area contributed by atoms with E-state index in [4.69, 9.17) is 0 Å². The van der Waals surface area contributed by atoms with Gasteiger partial charge in [0.25, 0.3) is 11.1 Å². The Hall–Kier alpha value is -3.17. The number of hydrogen-bond acceptors (Lipinski definition) is 6. The Morgan fingerprint density at radius 2 is 1.97 bits per heavy atom. The summed E-state index contributed by atoms with van der Waals surface area (Å²) < 4.78 is 1.69. The highest BCUT2D eigenvalue weighted by molar-refractivity contribution is 8.18. The number of benzene rings is 1. The van der Waals surface area contributed by atoms with E-state index in [2.05, 4.69) is 10.4 Å². The maximum Gasteiger partial charge on any atom is 0.294 e. The fourth-order valence-corrected chi connectivity index (χ4v) is 4.86. The van der Waals surface area contributed by atoms with Gasteiger partial charge in [0.2, 0.25) is 5.91 Å². The van der Waals surface area contributed by atoms with Gasteiger partial charge in [-0.15, -0.1) is 11.3 Å². The van der Waals surface area contributed by atoms with Crippen LogP contribution in [0.15, 0.2) is 58.8 Å². The molecule has 0 unspecified atom stereocenters. The molecule has 2 aromatic heterocycles. The lowest BCUT2D eigenvalue weighted by atomic mass is 10.3. The molecule has 1 aliphatic heterocycles. The molecular weight excluding hydrogens is 432 g/mol. The molecule has 1 saturated heterocycles. The molecule has 2 fully saturated rings. The van der Waals surface area contributed by atoms with Gasteiger partial charge in [-0.2, -0.15) is 5.10 Å². The van der Waals surface area contributed by atoms with E-state index in [1.54, 1.807) is 10.8 Å². The molecule has 0 bridgehead atoms. The smallest absolute Gasteiger partial charge is 0.294 e. The summed E-state index contributed by atoms with van der Waals surface area (Å²) in [4.78, 5) is 39.9. The maximum atomic E-state index is 12.7. The van der Waals surface area contributed by atoms with E-state index in [0.717, 1.165) is 45.8 Å². The average molecular weight is 451 g/mol. The molecule has 0 spiro atoms. The Kier molecular flexibility index (Phi) is 5.21. The van der Waals surface area contributed by atoms with Gasteiger partial charge < -0.3 is 5.32 Å². The summed E-state index contributed by atoms with van der Waals surface area (Å²) in [5.41, 5.74) is 1.76. The van der Waals surface area contributed by atoms with Crippen LogP contribution in [-0.2, 0) is 9.59 Å². The van der Waals surface area contributed by atoms with Crippen molar-refractivity contribution in [1.82, 2.24) is 14.7 Å². The highest BCUT2D eigenvalue weighted by atomic mass is 32.2. The minimum atomic E-state index is -0.450. The van der Waals surface area contributed by atoms with E-state index in [1.165, 1.54) is 11.3 Å². The molecule has 5 rings (SSSR count). The molecule has 3 aromatic rings. The zero-order valence-corrected chi connectivity index (χ0v) is 18.0. The molecule has 31 heavy (non-hydrogen) atoms. The lowest BCUT2D eigenvalue weighted by Crippen LogP contribution is -2.36. The first-order valence-corrected chi connectivity index (χ1v) is 11.5. The number of nitrogens with zero attached hydrogens (tertiary/aromatic N) is 3. The summed E-state index contributed by atoms with van der Waals surface area (Å²) >= 11 is 2.33. The quantitative estimate of drug-likeness (QED) is 0.560. The Labute approximate surface area is 186 Å². The Balaban J connectivity index is 1.33. The van der Waals surface area contributed by atoms with Crippen molar-refractivity contribution in [2.45, 2.75) is 18.8 Å². The molecule has 1 aromatic carbocycles. The molecule has 7 nitrogen and oxygen atoms in total. The largest absolute Gasteiger partial charge is 0.309 e. The number of thioether (sulfide) groups is 1. The van der Waals surface area contributed by atoms with Crippen molar-refractivity contribution >= 4 is 52.0 Å². The summed E-state index contributed by atoms with van der Waals surface area (Å²) in [6, 6.07) is 15.1. The van der Waals surface area contributed by atoms with Crippen LogP contribution in [0.25, 0.3) is 11.8 Å². The van der Waals surface area contributed by atoms with Crippen molar-refractivity contribution in [3.05, 3.63) is 69.4 Å². The monoisotopic (exact) mass is 450 g/mol. The lowest BCUT2D eigenvalue weighted by Gasteiger charge is -2.13. The van der Waals surface area contributed by atoms with E-state index in [0.29, 0.717) is 16.6 Å². The number of carbonyl (C=O) groups excluding carboxylic acids is 3. The summed E-state index contributed by atoms with van der Waals surface area (Å²) in [5, 5.41) is 8.93. The molecule has 0 atom stereocenters. The number of nitrogens with one attached hydrogen (secondary N) is 1. The number of anilines is 1.